The zero-order chi connectivity index (χ0) is 13.8. The number of Topliss-reactive ketones (excluding diaryl/α,β-unsaturated/α-hetero) is 1. The summed E-state index contributed by atoms with van der Waals surface area (Å²) in [6.07, 6.45) is 1.64. The van der Waals surface area contributed by atoms with Crippen molar-refractivity contribution in [2.75, 3.05) is 5.75 Å². The van der Waals surface area contributed by atoms with Crippen LogP contribution in [0.25, 0.3) is 0 Å². The molecule has 6 heteroatoms. The highest BCUT2D eigenvalue weighted by Crippen LogP contribution is 2.26. The van der Waals surface area contributed by atoms with E-state index in [9.17, 15) is 4.79 Å². The molecule has 98 valence electrons. The Balaban J connectivity index is 2.05. The number of aromatic nitrogens is 1. The van der Waals surface area contributed by atoms with Crippen molar-refractivity contribution >= 4 is 52.3 Å². The van der Waals surface area contributed by atoms with Crippen molar-refractivity contribution in [3.63, 3.8) is 0 Å². The number of benzene rings is 1. The Hall–Kier alpha value is -0.740. The maximum atomic E-state index is 12.0. The molecule has 0 bridgehead atoms. The van der Waals surface area contributed by atoms with Crippen LogP contribution in [-0.2, 0) is 0 Å². The molecule has 0 saturated heterocycles. The molecule has 0 spiro atoms. The zero-order valence-corrected chi connectivity index (χ0v) is 12.7. The number of carbonyl (C=O) groups is 1. The average molecular weight is 333 g/mol. The first kappa shape index (κ1) is 14.7. The predicted octanol–water partition coefficient (Wildman–Crippen LogP) is 5.02. The maximum Gasteiger partial charge on any atom is 0.173 e. The van der Waals surface area contributed by atoms with Gasteiger partial charge in [-0.3, -0.25) is 4.79 Å². The van der Waals surface area contributed by atoms with Gasteiger partial charge >= 0.3 is 0 Å². The van der Waals surface area contributed by atoms with Gasteiger partial charge in [0, 0.05) is 11.8 Å². The molecular weight excluding hydrogens is 325 g/mol. The number of carbonyl (C=O) groups excluding carboxylic acids is 1. The van der Waals surface area contributed by atoms with E-state index < -0.39 is 0 Å². The summed E-state index contributed by atoms with van der Waals surface area (Å²) in [6.45, 7) is 0. The lowest BCUT2D eigenvalue weighted by Gasteiger charge is -2.04. The smallest absolute Gasteiger partial charge is 0.173 e. The molecule has 0 aliphatic rings. The van der Waals surface area contributed by atoms with E-state index in [1.54, 1.807) is 36.5 Å². The molecule has 1 aromatic carbocycles. The van der Waals surface area contributed by atoms with Crippen LogP contribution in [0.15, 0.2) is 41.6 Å². The minimum atomic E-state index is -0.0507. The molecule has 2 nitrogen and oxygen atoms in total. The van der Waals surface area contributed by atoms with Gasteiger partial charge < -0.3 is 0 Å². The van der Waals surface area contributed by atoms with Crippen LogP contribution in [0.3, 0.4) is 0 Å². The zero-order valence-electron chi connectivity index (χ0n) is 9.57. The van der Waals surface area contributed by atoms with Crippen LogP contribution in [0.4, 0.5) is 0 Å². The summed E-state index contributed by atoms with van der Waals surface area (Å²) < 4.78 is 0. The quantitative estimate of drug-likeness (QED) is 0.582. The summed E-state index contributed by atoms with van der Waals surface area (Å²) in [7, 11) is 0. The molecule has 0 aliphatic carbocycles. The third-order valence-electron chi connectivity index (χ3n) is 2.31. The number of thioether (sulfide) groups is 1. The van der Waals surface area contributed by atoms with Gasteiger partial charge in [-0.1, -0.05) is 46.6 Å². The summed E-state index contributed by atoms with van der Waals surface area (Å²) in [5.74, 6) is 0.194. The fourth-order valence-electron chi connectivity index (χ4n) is 1.36. The van der Waals surface area contributed by atoms with E-state index >= 15 is 0 Å². The third-order valence-corrected chi connectivity index (χ3v) is 4.47. The molecule has 0 atom stereocenters. The van der Waals surface area contributed by atoms with Crippen molar-refractivity contribution in [1.82, 2.24) is 4.98 Å². The first-order chi connectivity index (χ1) is 9.08. The van der Waals surface area contributed by atoms with Gasteiger partial charge in [0.15, 0.2) is 5.78 Å². The molecule has 0 fully saturated rings. The first-order valence-electron chi connectivity index (χ1n) is 5.29. The third kappa shape index (κ3) is 3.86. The van der Waals surface area contributed by atoms with E-state index in [4.69, 9.17) is 34.8 Å². The Morgan fingerprint density at radius 2 is 1.89 bits per heavy atom. The van der Waals surface area contributed by atoms with Crippen molar-refractivity contribution in [3.05, 3.63) is 57.2 Å². The van der Waals surface area contributed by atoms with Crippen molar-refractivity contribution in [2.45, 2.75) is 5.03 Å². The van der Waals surface area contributed by atoms with E-state index in [0.29, 0.717) is 25.7 Å². The van der Waals surface area contributed by atoms with Gasteiger partial charge in [-0.05, 0) is 30.3 Å². The van der Waals surface area contributed by atoms with Crippen molar-refractivity contribution < 1.29 is 4.79 Å². The fraction of sp³-hybridized carbons (Fsp3) is 0.0769. The summed E-state index contributed by atoms with van der Waals surface area (Å²) in [4.78, 5) is 16.1. The standard InChI is InChI=1S/C13H8Cl3NOS/c14-9-4-3-8(6-11(9)16)12(18)7-19-13-10(15)2-1-5-17-13/h1-6H,7H2. The molecular formula is C13H8Cl3NOS. The number of pyridine rings is 1. The van der Waals surface area contributed by atoms with Gasteiger partial charge in [0.1, 0.15) is 5.03 Å². The minimum absolute atomic E-state index is 0.0507. The SMILES string of the molecule is O=C(CSc1ncccc1Cl)c1ccc(Cl)c(Cl)c1. The lowest BCUT2D eigenvalue weighted by molar-refractivity contribution is 0.102. The number of hydrogen-bond acceptors (Lipinski definition) is 3. The Morgan fingerprint density at radius 3 is 2.58 bits per heavy atom. The van der Waals surface area contributed by atoms with Gasteiger partial charge in [0.05, 0.1) is 20.8 Å². The van der Waals surface area contributed by atoms with Crippen LogP contribution in [0, 0.1) is 0 Å². The monoisotopic (exact) mass is 331 g/mol. The van der Waals surface area contributed by atoms with Crippen LogP contribution in [-0.4, -0.2) is 16.5 Å². The van der Waals surface area contributed by atoms with Crippen LogP contribution in [0.2, 0.25) is 15.1 Å². The number of nitrogens with zero attached hydrogens (tertiary/aromatic N) is 1. The van der Waals surface area contributed by atoms with Gasteiger partial charge in [-0.25, -0.2) is 4.98 Å². The van der Waals surface area contributed by atoms with E-state index in [0.717, 1.165) is 0 Å². The van der Waals surface area contributed by atoms with E-state index in [2.05, 4.69) is 4.98 Å². The highest BCUT2D eigenvalue weighted by molar-refractivity contribution is 8.00. The molecule has 1 aromatic heterocycles. The summed E-state index contributed by atoms with van der Waals surface area (Å²) in [6, 6.07) is 8.30. The molecule has 2 aromatic rings. The molecule has 0 amide bonds. The molecule has 0 radical (unpaired) electrons. The largest absolute Gasteiger partial charge is 0.293 e. The van der Waals surface area contributed by atoms with Crippen LogP contribution in [0.5, 0.6) is 0 Å². The number of hydrogen-bond donors (Lipinski definition) is 0. The summed E-state index contributed by atoms with van der Waals surface area (Å²) >= 11 is 18.9. The summed E-state index contributed by atoms with van der Waals surface area (Å²) in [5.41, 5.74) is 0.522. The Bertz CT molecular complexity index is 619. The van der Waals surface area contributed by atoms with Crippen molar-refractivity contribution in [3.8, 4) is 0 Å². The number of ketones is 1. The van der Waals surface area contributed by atoms with E-state index in [-0.39, 0.29) is 11.5 Å². The van der Waals surface area contributed by atoms with Gasteiger partial charge in [-0.2, -0.15) is 0 Å². The fourth-order valence-corrected chi connectivity index (χ4v) is 2.72. The molecule has 0 unspecified atom stereocenters. The van der Waals surface area contributed by atoms with Crippen LogP contribution < -0.4 is 0 Å². The molecule has 19 heavy (non-hydrogen) atoms. The first-order valence-corrected chi connectivity index (χ1v) is 7.41. The Kier molecular flexibility index (Phi) is 5.11. The van der Waals surface area contributed by atoms with Gasteiger partial charge in [0.2, 0.25) is 0 Å². The predicted molar refractivity (Wildman–Crippen MR) is 80.8 cm³/mol. The second kappa shape index (κ2) is 6.62. The number of halogens is 3. The number of rotatable bonds is 4. The van der Waals surface area contributed by atoms with Crippen LogP contribution in [0.1, 0.15) is 10.4 Å². The van der Waals surface area contributed by atoms with E-state index in [1.165, 1.54) is 11.8 Å². The van der Waals surface area contributed by atoms with E-state index in [1.807, 2.05) is 0 Å². The lowest BCUT2D eigenvalue weighted by Crippen LogP contribution is -2.02. The molecule has 2 rings (SSSR count). The summed E-state index contributed by atoms with van der Waals surface area (Å²) in [5, 5.41) is 1.97. The highest BCUT2D eigenvalue weighted by Gasteiger charge is 2.10. The van der Waals surface area contributed by atoms with Crippen LogP contribution >= 0.6 is 46.6 Å². The van der Waals surface area contributed by atoms with Gasteiger partial charge in [0.25, 0.3) is 0 Å². The Morgan fingerprint density at radius 1 is 1.11 bits per heavy atom. The molecule has 0 aliphatic heterocycles. The Labute approximate surface area is 130 Å². The minimum Gasteiger partial charge on any atom is -0.293 e. The molecule has 1 heterocycles. The second-order valence-electron chi connectivity index (χ2n) is 3.63. The average Bonchev–Trinajstić information content (AvgIpc) is 2.40. The topological polar surface area (TPSA) is 30.0 Å². The molecule has 0 N–H and O–H groups in total. The van der Waals surface area contributed by atoms with Crippen molar-refractivity contribution in [1.29, 1.82) is 0 Å². The lowest BCUT2D eigenvalue weighted by atomic mass is 10.1. The van der Waals surface area contributed by atoms with Crippen molar-refractivity contribution in [2.24, 2.45) is 0 Å². The second-order valence-corrected chi connectivity index (χ2v) is 5.82. The normalized spacial score (nSPS) is 10.5. The molecule has 0 saturated carbocycles. The van der Waals surface area contributed by atoms with Gasteiger partial charge in [-0.15, -0.1) is 0 Å². The maximum absolute atomic E-state index is 12.0. The highest BCUT2D eigenvalue weighted by atomic mass is 35.5.